The number of esters is 1. The molecule has 0 saturated carbocycles. The number of carboxylic acids is 1. The Morgan fingerprint density at radius 1 is 1.47 bits per heavy atom. The van der Waals surface area contributed by atoms with Gasteiger partial charge in [-0.15, -0.1) is 0 Å². The van der Waals surface area contributed by atoms with Crippen molar-refractivity contribution in [3.63, 3.8) is 0 Å². The standard InChI is InChI=1S/C11H15NO7/c1-11(18,8-6(13)7(14)10(17)19-8)12-4-2-3-5(12)9(15)16/h5,8,13-14,18H,2-4H2,1H3,(H,15,16)/t5?,8-,11-/m0/s1. The van der Waals surface area contributed by atoms with Crippen LogP contribution >= 0.6 is 0 Å². The molecule has 19 heavy (non-hydrogen) atoms. The van der Waals surface area contributed by atoms with E-state index in [4.69, 9.17) is 9.84 Å². The lowest BCUT2D eigenvalue weighted by Gasteiger charge is -2.39. The molecule has 0 radical (unpaired) electrons. The summed E-state index contributed by atoms with van der Waals surface area (Å²) in [6.45, 7) is 1.52. The van der Waals surface area contributed by atoms with Crippen molar-refractivity contribution in [2.45, 2.75) is 37.6 Å². The second-order valence-corrected chi connectivity index (χ2v) is 4.80. The third kappa shape index (κ3) is 2.02. The number of hydrogen-bond donors (Lipinski definition) is 4. The van der Waals surface area contributed by atoms with Crippen LogP contribution in [0.25, 0.3) is 0 Å². The van der Waals surface area contributed by atoms with Crippen molar-refractivity contribution < 1.29 is 34.8 Å². The van der Waals surface area contributed by atoms with Gasteiger partial charge in [-0.1, -0.05) is 0 Å². The third-order valence-electron chi connectivity index (χ3n) is 3.53. The quantitative estimate of drug-likeness (QED) is 0.506. The summed E-state index contributed by atoms with van der Waals surface area (Å²) in [5.41, 5.74) is -1.91. The highest BCUT2D eigenvalue weighted by Gasteiger charge is 2.53. The monoisotopic (exact) mass is 273 g/mol. The zero-order chi connectivity index (χ0) is 14.4. The normalized spacial score (nSPS) is 31.4. The summed E-state index contributed by atoms with van der Waals surface area (Å²) in [6.07, 6.45) is -0.590. The van der Waals surface area contributed by atoms with E-state index < -0.39 is 41.3 Å². The van der Waals surface area contributed by atoms with Crippen LogP contribution in [0.5, 0.6) is 0 Å². The van der Waals surface area contributed by atoms with E-state index in [1.54, 1.807) is 0 Å². The van der Waals surface area contributed by atoms with Gasteiger partial charge >= 0.3 is 11.9 Å². The fourth-order valence-corrected chi connectivity index (χ4v) is 2.53. The second kappa shape index (κ2) is 4.39. The molecule has 3 atom stereocenters. The number of likely N-dealkylation sites (tertiary alicyclic amines) is 1. The average molecular weight is 273 g/mol. The van der Waals surface area contributed by atoms with Gasteiger partial charge in [0, 0.05) is 6.54 Å². The molecule has 1 saturated heterocycles. The van der Waals surface area contributed by atoms with Crippen LogP contribution in [-0.2, 0) is 14.3 Å². The number of aliphatic hydroxyl groups excluding tert-OH is 2. The van der Waals surface area contributed by atoms with Crippen molar-refractivity contribution >= 4 is 11.9 Å². The van der Waals surface area contributed by atoms with E-state index >= 15 is 0 Å². The van der Waals surface area contributed by atoms with Crippen molar-refractivity contribution in [3.05, 3.63) is 11.5 Å². The maximum atomic E-state index is 11.1. The minimum Gasteiger partial charge on any atom is -0.505 e. The first-order chi connectivity index (χ1) is 8.76. The average Bonchev–Trinajstić information content (AvgIpc) is 2.91. The molecule has 0 aromatic rings. The highest BCUT2D eigenvalue weighted by molar-refractivity contribution is 5.89. The zero-order valence-corrected chi connectivity index (χ0v) is 10.2. The van der Waals surface area contributed by atoms with Gasteiger partial charge in [-0.2, -0.15) is 0 Å². The molecule has 106 valence electrons. The number of cyclic esters (lactones) is 1. The molecule has 2 heterocycles. The summed E-state index contributed by atoms with van der Waals surface area (Å²) in [4.78, 5) is 23.5. The van der Waals surface area contributed by atoms with E-state index in [1.165, 1.54) is 11.8 Å². The van der Waals surface area contributed by atoms with Crippen LogP contribution in [0.4, 0.5) is 0 Å². The van der Waals surface area contributed by atoms with E-state index in [1.807, 2.05) is 0 Å². The number of carbonyl (C=O) groups is 2. The van der Waals surface area contributed by atoms with Gasteiger partial charge in [0.25, 0.3) is 0 Å². The smallest absolute Gasteiger partial charge is 0.378 e. The first kappa shape index (κ1) is 13.6. The molecule has 2 aliphatic rings. The van der Waals surface area contributed by atoms with Gasteiger partial charge in [0.15, 0.2) is 11.5 Å². The summed E-state index contributed by atoms with van der Waals surface area (Å²) < 4.78 is 4.69. The molecule has 4 N–H and O–H groups in total. The Kier molecular flexibility index (Phi) is 3.15. The second-order valence-electron chi connectivity index (χ2n) is 4.80. The van der Waals surface area contributed by atoms with E-state index in [-0.39, 0.29) is 6.54 Å². The molecule has 0 aliphatic carbocycles. The van der Waals surface area contributed by atoms with Crippen LogP contribution < -0.4 is 0 Å². The Hall–Kier alpha value is -1.80. The van der Waals surface area contributed by atoms with Crippen LogP contribution in [0, 0.1) is 0 Å². The predicted molar refractivity (Wildman–Crippen MR) is 60.2 cm³/mol. The Morgan fingerprint density at radius 2 is 2.11 bits per heavy atom. The predicted octanol–water partition coefficient (Wildman–Crippen LogP) is -0.503. The molecular weight excluding hydrogens is 258 g/mol. The summed E-state index contributed by atoms with van der Waals surface area (Å²) in [7, 11) is 0. The summed E-state index contributed by atoms with van der Waals surface area (Å²) in [5.74, 6) is -3.99. The number of carboxylic acid groups (broad SMARTS) is 1. The lowest BCUT2D eigenvalue weighted by atomic mass is 10.0. The van der Waals surface area contributed by atoms with Crippen molar-refractivity contribution in [1.82, 2.24) is 4.90 Å². The molecule has 2 aliphatic heterocycles. The van der Waals surface area contributed by atoms with Crippen LogP contribution in [0.3, 0.4) is 0 Å². The summed E-state index contributed by atoms with van der Waals surface area (Å²) in [5, 5.41) is 38.3. The lowest BCUT2D eigenvalue weighted by Crippen LogP contribution is -2.58. The van der Waals surface area contributed by atoms with E-state index in [2.05, 4.69) is 0 Å². The number of ether oxygens (including phenoxy) is 1. The molecule has 0 aromatic carbocycles. The molecule has 8 heteroatoms. The molecule has 2 rings (SSSR count). The van der Waals surface area contributed by atoms with Crippen LogP contribution in [-0.4, -0.2) is 61.7 Å². The Balaban J connectivity index is 2.28. The van der Waals surface area contributed by atoms with Gasteiger partial charge in [-0.25, -0.2) is 4.79 Å². The van der Waals surface area contributed by atoms with Crippen LogP contribution in [0.1, 0.15) is 19.8 Å². The SMILES string of the molecule is C[C@](O)([C@H]1OC(=O)C(O)=C1O)N1CCCC1C(=O)O. The first-order valence-electron chi connectivity index (χ1n) is 5.81. The maximum absolute atomic E-state index is 11.1. The minimum atomic E-state index is -1.91. The topological polar surface area (TPSA) is 128 Å². The van der Waals surface area contributed by atoms with Crippen molar-refractivity contribution in [3.8, 4) is 0 Å². The Bertz CT molecular complexity index is 456. The third-order valence-corrected chi connectivity index (χ3v) is 3.53. The van der Waals surface area contributed by atoms with Crippen molar-refractivity contribution in [2.75, 3.05) is 6.54 Å². The highest BCUT2D eigenvalue weighted by Crippen LogP contribution is 2.34. The molecule has 0 aromatic heterocycles. The van der Waals surface area contributed by atoms with Crippen LogP contribution in [0.15, 0.2) is 11.5 Å². The molecule has 0 bridgehead atoms. The van der Waals surface area contributed by atoms with Crippen LogP contribution in [0.2, 0.25) is 0 Å². The Labute approximate surface area is 108 Å². The number of aliphatic carboxylic acids is 1. The van der Waals surface area contributed by atoms with Gasteiger partial charge in [0.2, 0.25) is 11.9 Å². The van der Waals surface area contributed by atoms with Gasteiger partial charge in [-0.3, -0.25) is 9.69 Å². The van der Waals surface area contributed by atoms with Crippen molar-refractivity contribution in [1.29, 1.82) is 0 Å². The fourth-order valence-electron chi connectivity index (χ4n) is 2.53. The minimum absolute atomic E-state index is 0.284. The summed E-state index contributed by atoms with van der Waals surface area (Å²) in [6, 6.07) is -0.927. The summed E-state index contributed by atoms with van der Waals surface area (Å²) >= 11 is 0. The zero-order valence-electron chi connectivity index (χ0n) is 10.2. The highest BCUT2D eigenvalue weighted by atomic mass is 16.6. The van der Waals surface area contributed by atoms with E-state index in [9.17, 15) is 24.9 Å². The molecule has 0 amide bonds. The molecular formula is C11H15NO7. The van der Waals surface area contributed by atoms with Gasteiger partial charge in [0.05, 0.1) is 0 Å². The number of hydrogen-bond acceptors (Lipinski definition) is 7. The number of nitrogens with zero attached hydrogens (tertiary/aromatic N) is 1. The van der Waals surface area contributed by atoms with Gasteiger partial charge < -0.3 is 25.2 Å². The lowest BCUT2D eigenvalue weighted by molar-refractivity contribution is -0.191. The largest absolute Gasteiger partial charge is 0.505 e. The van der Waals surface area contributed by atoms with E-state index in [0.717, 1.165) is 0 Å². The molecule has 0 spiro atoms. The van der Waals surface area contributed by atoms with Gasteiger partial charge in [-0.05, 0) is 19.8 Å². The molecule has 1 fully saturated rings. The molecule has 1 unspecified atom stereocenters. The van der Waals surface area contributed by atoms with E-state index in [0.29, 0.717) is 12.8 Å². The Morgan fingerprint density at radius 3 is 2.58 bits per heavy atom. The number of rotatable bonds is 3. The number of aliphatic hydroxyl groups is 3. The number of carbonyl (C=O) groups excluding carboxylic acids is 1. The van der Waals surface area contributed by atoms with Crippen molar-refractivity contribution in [2.24, 2.45) is 0 Å². The molecule has 8 nitrogen and oxygen atoms in total. The van der Waals surface area contributed by atoms with Gasteiger partial charge in [0.1, 0.15) is 6.04 Å². The fraction of sp³-hybridized carbons (Fsp3) is 0.636. The first-order valence-corrected chi connectivity index (χ1v) is 5.81. The maximum Gasteiger partial charge on any atom is 0.378 e.